The Hall–Kier alpha value is -7.81. The largest absolute Gasteiger partial charge is 0.256 e. The zero-order valence-electron chi connectivity index (χ0n) is 30.1. The number of pyridine rings is 1. The highest BCUT2D eigenvalue weighted by Crippen LogP contribution is 2.42. The third-order valence-electron chi connectivity index (χ3n) is 10.4. The minimum Gasteiger partial charge on any atom is -0.256 e. The molecule has 2 aromatic heterocycles. The van der Waals surface area contributed by atoms with Gasteiger partial charge in [0.2, 0.25) is 0 Å². The first-order valence-corrected chi connectivity index (χ1v) is 18.5. The van der Waals surface area contributed by atoms with E-state index in [1.54, 1.807) is 0 Å². The second-order valence-electron chi connectivity index (χ2n) is 13.7. The molecule has 0 spiro atoms. The highest BCUT2D eigenvalue weighted by Gasteiger charge is 2.17. The predicted molar refractivity (Wildman–Crippen MR) is 229 cm³/mol. The fourth-order valence-corrected chi connectivity index (χ4v) is 7.65. The Labute approximate surface area is 324 Å². The molecule has 2 heterocycles. The molecule has 0 saturated heterocycles. The lowest BCUT2D eigenvalue weighted by Crippen LogP contribution is -2.00. The second kappa shape index (κ2) is 13.9. The van der Waals surface area contributed by atoms with Gasteiger partial charge >= 0.3 is 0 Å². The quantitative estimate of drug-likeness (QED) is 0.127. The van der Waals surface area contributed by atoms with Crippen molar-refractivity contribution < 1.29 is 0 Å². The number of hydrogen-bond donors (Lipinski definition) is 0. The number of fused-ring (bicyclic) bond motifs is 5. The van der Waals surface area contributed by atoms with E-state index in [0.29, 0.717) is 23.2 Å². The van der Waals surface area contributed by atoms with E-state index in [4.69, 9.17) is 26.5 Å². The lowest BCUT2D eigenvalue weighted by Gasteiger charge is -2.16. The summed E-state index contributed by atoms with van der Waals surface area (Å²) < 4.78 is 0. The molecule has 5 heteroatoms. The predicted octanol–water partition coefficient (Wildman–Crippen LogP) is 13.3. The molecule has 0 saturated carbocycles. The average molecular weight is 714 g/mol. The molecule has 0 aliphatic carbocycles. The van der Waals surface area contributed by atoms with Crippen LogP contribution in [0.3, 0.4) is 0 Å². The molecule has 0 aliphatic rings. The van der Waals surface area contributed by atoms with Crippen molar-refractivity contribution in [2.75, 3.05) is 0 Å². The minimum absolute atomic E-state index is 0.609. The van der Waals surface area contributed by atoms with Gasteiger partial charge in [0.25, 0.3) is 0 Å². The Kier molecular flexibility index (Phi) is 8.13. The molecule has 260 valence electrons. The Morgan fingerprint density at radius 1 is 0.339 bits per heavy atom. The molecule has 56 heavy (non-hydrogen) atoms. The van der Waals surface area contributed by atoms with E-state index in [2.05, 4.69) is 102 Å². The van der Waals surface area contributed by atoms with Crippen molar-refractivity contribution in [1.82, 2.24) is 19.9 Å². The highest BCUT2D eigenvalue weighted by molar-refractivity contribution is 6.23. The van der Waals surface area contributed by atoms with Gasteiger partial charge in [-0.3, -0.25) is 4.98 Å². The molecular formula is C51H31N5. The number of rotatable bonds is 6. The van der Waals surface area contributed by atoms with Crippen LogP contribution in [0.15, 0.2) is 188 Å². The molecule has 0 bridgehead atoms. The number of hydrogen-bond acceptors (Lipinski definition) is 4. The van der Waals surface area contributed by atoms with Crippen LogP contribution in [0, 0.1) is 6.57 Å². The van der Waals surface area contributed by atoms with E-state index in [9.17, 15) is 0 Å². The fraction of sp³-hybridized carbons (Fsp3) is 0. The summed E-state index contributed by atoms with van der Waals surface area (Å²) in [5.74, 6) is 1.87. The van der Waals surface area contributed by atoms with Crippen LogP contribution in [0.5, 0.6) is 0 Å². The van der Waals surface area contributed by atoms with Crippen LogP contribution in [0.4, 0.5) is 5.69 Å². The first kappa shape index (κ1) is 32.8. The van der Waals surface area contributed by atoms with Crippen LogP contribution in [-0.2, 0) is 0 Å². The van der Waals surface area contributed by atoms with Gasteiger partial charge in [-0.05, 0) is 79.7 Å². The van der Waals surface area contributed by atoms with Gasteiger partial charge in [0.15, 0.2) is 23.2 Å². The molecule has 5 nitrogen and oxygen atoms in total. The summed E-state index contributed by atoms with van der Waals surface area (Å²) in [6.45, 7) is 7.44. The Morgan fingerprint density at radius 2 is 0.875 bits per heavy atom. The number of benzene rings is 8. The molecule has 8 aromatic carbocycles. The fourth-order valence-electron chi connectivity index (χ4n) is 7.65. The first-order chi connectivity index (χ1) is 27.7. The molecular weight excluding hydrogens is 683 g/mol. The van der Waals surface area contributed by atoms with Crippen LogP contribution in [0.25, 0.3) is 105 Å². The van der Waals surface area contributed by atoms with Crippen LogP contribution in [0.2, 0.25) is 0 Å². The normalized spacial score (nSPS) is 11.2. The SMILES string of the molecule is [C-]#[N+]c1cccc(-c2ccc(-c3cc4c5cccnc5c(-c5cccc(-c6nc(-c7ccccc7)nc(-c7ccccc7)n6)c5)cc4c4ccccc34)cc2)c1. The lowest BCUT2D eigenvalue weighted by molar-refractivity contribution is 1.07. The molecule has 0 N–H and O–H groups in total. The summed E-state index contributed by atoms with van der Waals surface area (Å²) in [5, 5.41) is 5.75. The smallest absolute Gasteiger partial charge is 0.187 e. The maximum Gasteiger partial charge on any atom is 0.187 e. The molecule has 10 rings (SSSR count). The van der Waals surface area contributed by atoms with Crippen LogP contribution in [0.1, 0.15) is 0 Å². The van der Waals surface area contributed by atoms with Crippen LogP contribution >= 0.6 is 0 Å². The van der Waals surface area contributed by atoms with Crippen molar-refractivity contribution in [2.24, 2.45) is 0 Å². The van der Waals surface area contributed by atoms with Gasteiger partial charge < -0.3 is 0 Å². The van der Waals surface area contributed by atoms with Crippen molar-refractivity contribution in [3.8, 4) is 67.5 Å². The van der Waals surface area contributed by atoms with E-state index in [1.807, 2.05) is 91.1 Å². The Morgan fingerprint density at radius 3 is 1.59 bits per heavy atom. The van der Waals surface area contributed by atoms with Gasteiger partial charge in [0, 0.05) is 33.8 Å². The zero-order chi connectivity index (χ0) is 37.4. The van der Waals surface area contributed by atoms with Crippen LogP contribution in [-0.4, -0.2) is 19.9 Å². The van der Waals surface area contributed by atoms with Crippen molar-refractivity contribution in [2.45, 2.75) is 0 Å². The van der Waals surface area contributed by atoms with Gasteiger partial charge in [0.1, 0.15) is 0 Å². The summed E-state index contributed by atoms with van der Waals surface area (Å²) >= 11 is 0. The van der Waals surface area contributed by atoms with Crippen molar-refractivity contribution in [3.05, 3.63) is 200 Å². The maximum absolute atomic E-state index is 7.44. The molecule has 0 atom stereocenters. The summed E-state index contributed by atoms with van der Waals surface area (Å²) in [7, 11) is 0. The van der Waals surface area contributed by atoms with E-state index in [0.717, 1.165) is 71.7 Å². The first-order valence-electron chi connectivity index (χ1n) is 18.5. The third kappa shape index (κ3) is 5.92. The van der Waals surface area contributed by atoms with Gasteiger partial charge in [-0.15, -0.1) is 0 Å². The molecule has 10 aromatic rings. The third-order valence-corrected chi connectivity index (χ3v) is 10.4. The summed E-state index contributed by atoms with van der Waals surface area (Å²) in [5.41, 5.74) is 10.8. The topological polar surface area (TPSA) is 55.9 Å². The summed E-state index contributed by atoms with van der Waals surface area (Å²) in [6.07, 6.45) is 1.87. The number of nitrogens with zero attached hydrogens (tertiary/aromatic N) is 5. The van der Waals surface area contributed by atoms with Gasteiger partial charge in [-0.25, -0.2) is 19.8 Å². The summed E-state index contributed by atoms with van der Waals surface area (Å²) in [6, 6.07) is 62.4. The molecule has 0 amide bonds. The Bertz CT molecular complexity index is 3070. The second-order valence-corrected chi connectivity index (χ2v) is 13.7. The van der Waals surface area contributed by atoms with Crippen molar-refractivity contribution in [3.63, 3.8) is 0 Å². The highest BCUT2D eigenvalue weighted by atomic mass is 15.0. The van der Waals surface area contributed by atoms with E-state index in [-0.39, 0.29) is 0 Å². The lowest BCUT2D eigenvalue weighted by atomic mass is 9.88. The maximum atomic E-state index is 7.44. The zero-order valence-corrected chi connectivity index (χ0v) is 30.1. The minimum atomic E-state index is 0.609. The van der Waals surface area contributed by atoms with E-state index in [1.165, 1.54) is 10.8 Å². The van der Waals surface area contributed by atoms with E-state index < -0.39 is 0 Å². The molecule has 0 unspecified atom stereocenters. The standard InChI is InChI=1S/C51H31N5/c1-52-40-20-11-17-37(30-40)33-24-26-34(27-25-33)44-31-47-43-23-12-28-53-48(43)45(32-46(47)42-22-9-8-21-41(42)44)38-18-10-19-39(29-38)51-55-49(35-13-4-2-5-14-35)54-50(56-51)36-15-6-3-7-16-36/h2-32H. The van der Waals surface area contributed by atoms with Crippen LogP contribution < -0.4 is 0 Å². The van der Waals surface area contributed by atoms with Gasteiger partial charge in [-0.1, -0.05) is 152 Å². The van der Waals surface area contributed by atoms with Crippen molar-refractivity contribution >= 4 is 38.1 Å². The average Bonchev–Trinajstić information content (AvgIpc) is 3.29. The molecule has 0 fully saturated rings. The molecule has 0 radical (unpaired) electrons. The van der Waals surface area contributed by atoms with Gasteiger partial charge in [0.05, 0.1) is 12.1 Å². The van der Waals surface area contributed by atoms with E-state index >= 15 is 0 Å². The monoisotopic (exact) mass is 713 g/mol. The number of aromatic nitrogens is 4. The summed E-state index contributed by atoms with van der Waals surface area (Å²) in [4.78, 5) is 23.5. The van der Waals surface area contributed by atoms with Crippen molar-refractivity contribution in [1.29, 1.82) is 0 Å². The van der Waals surface area contributed by atoms with Gasteiger partial charge in [-0.2, -0.15) is 0 Å². The molecule has 0 aliphatic heterocycles. The Balaban J connectivity index is 1.13.